The van der Waals surface area contributed by atoms with E-state index in [0.29, 0.717) is 0 Å². The van der Waals surface area contributed by atoms with Crippen LogP contribution in [0.5, 0.6) is 0 Å². The minimum atomic E-state index is 0.00123. The van der Waals surface area contributed by atoms with Crippen LogP contribution in [0.2, 0.25) is 0 Å². The first-order valence-corrected chi connectivity index (χ1v) is 11.6. The summed E-state index contributed by atoms with van der Waals surface area (Å²) in [5, 5.41) is 0. The number of hydrogen-bond acceptors (Lipinski definition) is 0. The van der Waals surface area contributed by atoms with E-state index in [9.17, 15) is 0 Å². The molecule has 0 bridgehead atoms. The molecular weight excluding hydrogens is 396 g/mol. The third-order valence-corrected chi connectivity index (χ3v) is 7.07. The van der Waals surface area contributed by atoms with Gasteiger partial charge < -0.3 is 0 Å². The molecule has 0 unspecified atom stereocenters. The highest BCUT2D eigenvalue weighted by atomic mass is 14.4. The maximum Gasteiger partial charge on any atom is 0.0159 e. The predicted octanol–water partition coefficient (Wildman–Crippen LogP) is 8.99. The Hall–Kier alpha value is -3.90. The van der Waals surface area contributed by atoms with Crippen LogP contribution in [-0.2, 0) is 5.41 Å². The van der Waals surface area contributed by atoms with Gasteiger partial charge in [0.05, 0.1) is 0 Å². The molecule has 0 aromatic heterocycles. The SMILES string of the molecule is CC1(C)c2ccccc2-c2c(-c3cc(-c4ccccc4)cc(-c4ccccc4)c3)cccc21. The lowest BCUT2D eigenvalue weighted by molar-refractivity contribution is 0.660. The minimum Gasteiger partial charge on any atom is -0.0622 e. The van der Waals surface area contributed by atoms with Gasteiger partial charge >= 0.3 is 0 Å². The zero-order chi connectivity index (χ0) is 22.4. The lowest BCUT2D eigenvalue weighted by atomic mass is 9.82. The maximum absolute atomic E-state index is 2.35. The Balaban J connectivity index is 1.63. The molecule has 0 saturated heterocycles. The van der Waals surface area contributed by atoms with E-state index in [1.165, 1.54) is 55.6 Å². The molecule has 33 heavy (non-hydrogen) atoms. The number of rotatable bonds is 3. The van der Waals surface area contributed by atoms with E-state index in [0.717, 1.165) is 0 Å². The Bertz CT molecular complexity index is 1400. The summed E-state index contributed by atoms with van der Waals surface area (Å²) in [4.78, 5) is 0. The topological polar surface area (TPSA) is 0 Å². The van der Waals surface area contributed by atoms with Gasteiger partial charge in [0.1, 0.15) is 0 Å². The molecule has 1 aliphatic rings. The molecule has 6 rings (SSSR count). The van der Waals surface area contributed by atoms with Crippen molar-refractivity contribution < 1.29 is 0 Å². The fourth-order valence-corrected chi connectivity index (χ4v) is 5.37. The van der Waals surface area contributed by atoms with Crippen molar-refractivity contribution in [3.05, 3.63) is 132 Å². The molecule has 1 aliphatic carbocycles. The van der Waals surface area contributed by atoms with Gasteiger partial charge in [-0.3, -0.25) is 0 Å². The fraction of sp³-hybridized carbons (Fsp3) is 0.0909. The quantitative estimate of drug-likeness (QED) is 0.272. The summed E-state index contributed by atoms with van der Waals surface area (Å²) in [6.07, 6.45) is 0. The second kappa shape index (κ2) is 7.60. The van der Waals surface area contributed by atoms with Gasteiger partial charge in [0, 0.05) is 5.41 Å². The van der Waals surface area contributed by atoms with Crippen molar-refractivity contribution in [1.82, 2.24) is 0 Å². The average Bonchev–Trinajstić information content (AvgIpc) is 3.12. The molecule has 0 heteroatoms. The summed E-state index contributed by atoms with van der Waals surface area (Å²) in [6, 6.07) is 44.1. The summed E-state index contributed by atoms with van der Waals surface area (Å²) >= 11 is 0. The third kappa shape index (κ3) is 3.22. The van der Waals surface area contributed by atoms with Crippen LogP contribution in [0.25, 0.3) is 44.5 Å². The molecule has 0 saturated carbocycles. The van der Waals surface area contributed by atoms with E-state index >= 15 is 0 Å². The van der Waals surface area contributed by atoms with E-state index in [1.807, 2.05) is 0 Å². The van der Waals surface area contributed by atoms with Crippen LogP contribution in [0.3, 0.4) is 0 Å². The van der Waals surface area contributed by atoms with Crippen LogP contribution < -0.4 is 0 Å². The van der Waals surface area contributed by atoms with Crippen molar-refractivity contribution in [2.75, 3.05) is 0 Å². The third-order valence-electron chi connectivity index (χ3n) is 7.07. The molecule has 0 radical (unpaired) electrons. The van der Waals surface area contributed by atoms with Crippen LogP contribution in [-0.4, -0.2) is 0 Å². The zero-order valence-electron chi connectivity index (χ0n) is 19.0. The Kier molecular flexibility index (Phi) is 4.55. The number of fused-ring (bicyclic) bond motifs is 3. The summed E-state index contributed by atoms with van der Waals surface area (Å²) in [6.45, 7) is 4.69. The summed E-state index contributed by atoms with van der Waals surface area (Å²) in [5.74, 6) is 0. The van der Waals surface area contributed by atoms with Crippen molar-refractivity contribution >= 4 is 0 Å². The van der Waals surface area contributed by atoms with Crippen LogP contribution in [0.1, 0.15) is 25.0 Å². The smallest absolute Gasteiger partial charge is 0.0159 e. The Morgan fingerprint density at radius 1 is 0.394 bits per heavy atom. The highest BCUT2D eigenvalue weighted by Gasteiger charge is 2.36. The molecule has 0 fully saturated rings. The zero-order valence-corrected chi connectivity index (χ0v) is 19.0. The summed E-state index contributed by atoms with van der Waals surface area (Å²) in [5.41, 5.74) is 13.1. The van der Waals surface area contributed by atoms with Gasteiger partial charge in [-0.25, -0.2) is 0 Å². The fourth-order valence-electron chi connectivity index (χ4n) is 5.37. The van der Waals surface area contributed by atoms with Crippen LogP contribution in [0.4, 0.5) is 0 Å². The number of benzene rings is 5. The standard InChI is InChI=1S/C33H26/c1-33(2)30-18-10-9-16-29(30)32-28(17-11-19-31(32)33)27-21-25(23-12-5-3-6-13-23)20-26(22-27)24-14-7-4-8-15-24/h3-22H,1-2H3. The second-order valence-electron chi connectivity index (χ2n) is 9.43. The molecule has 0 nitrogen and oxygen atoms in total. The largest absolute Gasteiger partial charge is 0.0622 e. The Morgan fingerprint density at radius 3 is 1.52 bits per heavy atom. The molecule has 0 aliphatic heterocycles. The van der Waals surface area contributed by atoms with Gasteiger partial charge in [-0.2, -0.15) is 0 Å². The van der Waals surface area contributed by atoms with E-state index in [-0.39, 0.29) is 5.41 Å². The molecule has 5 aromatic rings. The summed E-state index contributed by atoms with van der Waals surface area (Å²) in [7, 11) is 0. The van der Waals surface area contributed by atoms with Gasteiger partial charge in [-0.05, 0) is 73.8 Å². The van der Waals surface area contributed by atoms with Gasteiger partial charge in [0.15, 0.2) is 0 Å². The Labute approximate surface area is 196 Å². The van der Waals surface area contributed by atoms with Crippen molar-refractivity contribution in [1.29, 1.82) is 0 Å². The van der Waals surface area contributed by atoms with Crippen molar-refractivity contribution in [3.8, 4) is 44.5 Å². The van der Waals surface area contributed by atoms with Gasteiger partial charge in [-0.15, -0.1) is 0 Å². The molecule has 158 valence electrons. The minimum absolute atomic E-state index is 0.00123. The van der Waals surface area contributed by atoms with Crippen LogP contribution in [0, 0.1) is 0 Å². The van der Waals surface area contributed by atoms with Crippen molar-refractivity contribution in [2.45, 2.75) is 19.3 Å². The predicted molar refractivity (Wildman–Crippen MR) is 140 cm³/mol. The first-order chi connectivity index (χ1) is 16.1. The molecule has 0 heterocycles. The Morgan fingerprint density at radius 2 is 0.879 bits per heavy atom. The normalized spacial score (nSPS) is 13.4. The van der Waals surface area contributed by atoms with E-state index < -0.39 is 0 Å². The first-order valence-electron chi connectivity index (χ1n) is 11.6. The van der Waals surface area contributed by atoms with Gasteiger partial charge in [0.2, 0.25) is 0 Å². The molecular formula is C33H26. The summed E-state index contributed by atoms with van der Waals surface area (Å²) < 4.78 is 0. The lowest BCUT2D eigenvalue weighted by Gasteiger charge is -2.21. The molecule has 0 amide bonds. The highest BCUT2D eigenvalue weighted by molar-refractivity contribution is 5.94. The molecule has 0 spiro atoms. The van der Waals surface area contributed by atoms with Crippen LogP contribution >= 0.6 is 0 Å². The molecule has 0 N–H and O–H groups in total. The van der Waals surface area contributed by atoms with Crippen molar-refractivity contribution in [2.24, 2.45) is 0 Å². The highest BCUT2D eigenvalue weighted by Crippen LogP contribution is 2.52. The maximum atomic E-state index is 2.35. The van der Waals surface area contributed by atoms with E-state index in [4.69, 9.17) is 0 Å². The van der Waals surface area contributed by atoms with Crippen molar-refractivity contribution in [3.63, 3.8) is 0 Å². The van der Waals surface area contributed by atoms with Gasteiger partial charge in [0.25, 0.3) is 0 Å². The van der Waals surface area contributed by atoms with E-state index in [2.05, 4.69) is 135 Å². The average molecular weight is 423 g/mol. The van der Waals surface area contributed by atoms with E-state index in [1.54, 1.807) is 0 Å². The van der Waals surface area contributed by atoms with Crippen LogP contribution in [0.15, 0.2) is 121 Å². The van der Waals surface area contributed by atoms with Gasteiger partial charge in [-0.1, -0.05) is 117 Å². The molecule has 0 atom stereocenters. The monoisotopic (exact) mass is 422 g/mol. The first kappa shape index (κ1) is 19.8. The molecule has 5 aromatic carbocycles. The number of hydrogen-bond donors (Lipinski definition) is 0. The second-order valence-corrected chi connectivity index (χ2v) is 9.43. The lowest BCUT2D eigenvalue weighted by Crippen LogP contribution is -2.14.